The van der Waals surface area contributed by atoms with Gasteiger partial charge in [0.2, 0.25) is 0 Å². The standard InChI is InChI=1S/C13H18N4O2S/c1-2-10(18)5-6-14-13(19)12-9-17(16-15-12)8-11-4-3-7-20-11/h3-4,7,9-10,18H,2,5-6,8H2,1H3,(H,14,19). The minimum Gasteiger partial charge on any atom is -0.393 e. The molecule has 1 amide bonds. The van der Waals surface area contributed by atoms with Gasteiger partial charge in [0.25, 0.3) is 5.91 Å². The van der Waals surface area contributed by atoms with Gasteiger partial charge in [-0.05, 0) is 24.3 Å². The van der Waals surface area contributed by atoms with Gasteiger partial charge in [-0.2, -0.15) is 0 Å². The van der Waals surface area contributed by atoms with Crippen molar-refractivity contribution in [3.8, 4) is 0 Å². The molecule has 0 bridgehead atoms. The molecule has 7 heteroatoms. The molecule has 0 aliphatic rings. The van der Waals surface area contributed by atoms with Crippen LogP contribution in [0.15, 0.2) is 23.7 Å². The zero-order valence-electron chi connectivity index (χ0n) is 11.3. The van der Waals surface area contributed by atoms with Crippen molar-refractivity contribution in [2.75, 3.05) is 6.54 Å². The molecule has 2 N–H and O–H groups in total. The van der Waals surface area contributed by atoms with Crippen LogP contribution in [-0.2, 0) is 6.54 Å². The lowest BCUT2D eigenvalue weighted by Gasteiger charge is -2.07. The Morgan fingerprint density at radius 1 is 1.60 bits per heavy atom. The number of carbonyl (C=O) groups excluding carboxylic acids is 1. The predicted molar refractivity (Wildman–Crippen MR) is 76.7 cm³/mol. The number of nitrogens with zero attached hydrogens (tertiary/aromatic N) is 3. The van der Waals surface area contributed by atoms with Crippen molar-refractivity contribution in [3.05, 3.63) is 34.3 Å². The van der Waals surface area contributed by atoms with E-state index < -0.39 is 0 Å². The molecule has 1 unspecified atom stereocenters. The first-order chi connectivity index (χ1) is 9.69. The molecule has 0 aromatic carbocycles. The second kappa shape index (κ2) is 7.16. The van der Waals surface area contributed by atoms with Crippen LogP contribution in [0, 0.1) is 0 Å². The zero-order chi connectivity index (χ0) is 14.4. The van der Waals surface area contributed by atoms with E-state index in [1.165, 1.54) is 0 Å². The highest BCUT2D eigenvalue weighted by Gasteiger charge is 2.11. The Bertz CT molecular complexity index is 538. The van der Waals surface area contributed by atoms with Crippen LogP contribution in [0.25, 0.3) is 0 Å². The molecule has 0 fully saturated rings. The number of amides is 1. The van der Waals surface area contributed by atoms with Crippen LogP contribution in [0.1, 0.15) is 35.1 Å². The Labute approximate surface area is 121 Å². The van der Waals surface area contributed by atoms with E-state index >= 15 is 0 Å². The average molecular weight is 294 g/mol. The molecule has 20 heavy (non-hydrogen) atoms. The van der Waals surface area contributed by atoms with Gasteiger partial charge in [0.15, 0.2) is 5.69 Å². The van der Waals surface area contributed by atoms with E-state index in [0.29, 0.717) is 31.6 Å². The number of rotatable bonds is 7. The number of hydrogen-bond acceptors (Lipinski definition) is 5. The van der Waals surface area contributed by atoms with Gasteiger partial charge in [0.1, 0.15) is 0 Å². The monoisotopic (exact) mass is 294 g/mol. The Morgan fingerprint density at radius 2 is 2.45 bits per heavy atom. The summed E-state index contributed by atoms with van der Waals surface area (Å²) in [7, 11) is 0. The first-order valence-corrected chi connectivity index (χ1v) is 7.45. The van der Waals surface area contributed by atoms with Gasteiger partial charge in [0, 0.05) is 11.4 Å². The fraction of sp³-hybridized carbons (Fsp3) is 0.462. The van der Waals surface area contributed by atoms with Crippen LogP contribution in [0.5, 0.6) is 0 Å². The summed E-state index contributed by atoms with van der Waals surface area (Å²) in [5.41, 5.74) is 0.299. The smallest absolute Gasteiger partial charge is 0.273 e. The lowest BCUT2D eigenvalue weighted by atomic mass is 10.2. The number of aliphatic hydroxyl groups is 1. The van der Waals surface area contributed by atoms with Gasteiger partial charge in [-0.15, -0.1) is 16.4 Å². The molecular weight excluding hydrogens is 276 g/mol. The van der Waals surface area contributed by atoms with Crippen molar-refractivity contribution < 1.29 is 9.90 Å². The van der Waals surface area contributed by atoms with Crippen molar-refractivity contribution >= 4 is 17.2 Å². The molecule has 1 atom stereocenters. The molecule has 0 aliphatic heterocycles. The molecule has 0 spiro atoms. The Kier molecular flexibility index (Phi) is 5.25. The van der Waals surface area contributed by atoms with E-state index in [4.69, 9.17) is 0 Å². The Hall–Kier alpha value is -1.73. The highest BCUT2D eigenvalue weighted by Crippen LogP contribution is 2.09. The molecule has 6 nitrogen and oxygen atoms in total. The van der Waals surface area contributed by atoms with Crippen LogP contribution in [0.4, 0.5) is 0 Å². The number of aromatic nitrogens is 3. The predicted octanol–water partition coefficient (Wildman–Crippen LogP) is 1.28. The Balaban J connectivity index is 1.83. The first-order valence-electron chi connectivity index (χ1n) is 6.57. The maximum atomic E-state index is 11.8. The molecular formula is C13H18N4O2S. The van der Waals surface area contributed by atoms with Crippen molar-refractivity contribution in [2.24, 2.45) is 0 Å². The number of nitrogens with one attached hydrogen (secondary N) is 1. The summed E-state index contributed by atoms with van der Waals surface area (Å²) in [4.78, 5) is 13.0. The van der Waals surface area contributed by atoms with Crippen LogP contribution >= 0.6 is 11.3 Å². The molecule has 108 valence electrons. The molecule has 0 aliphatic carbocycles. The van der Waals surface area contributed by atoms with Crippen LogP contribution in [0.2, 0.25) is 0 Å². The SMILES string of the molecule is CCC(O)CCNC(=O)c1cn(Cc2cccs2)nn1. The summed E-state index contributed by atoms with van der Waals surface area (Å²) in [6.45, 7) is 2.96. The summed E-state index contributed by atoms with van der Waals surface area (Å²) in [5.74, 6) is -0.259. The summed E-state index contributed by atoms with van der Waals surface area (Å²) in [6, 6.07) is 3.99. The average Bonchev–Trinajstić information content (AvgIpc) is 3.10. The van der Waals surface area contributed by atoms with E-state index in [1.54, 1.807) is 22.2 Å². The van der Waals surface area contributed by atoms with Gasteiger partial charge >= 0.3 is 0 Å². The number of hydrogen-bond donors (Lipinski definition) is 2. The summed E-state index contributed by atoms with van der Waals surface area (Å²) in [6.07, 6.45) is 2.49. The summed E-state index contributed by atoms with van der Waals surface area (Å²) in [5, 5.41) is 21.9. The molecule has 2 aromatic rings. The second-order valence-corrected chi connectivity index (χ2v) is 5.52. The van der Waals surface area contributed by atoms with Crippen molar-refractivity contribution in [1.82, 2.24) is 20.3 Å². The third-order valence-electron chi connectivity index (χ3n) is 2.90. The highest BCUT2D eigenvalue weighted by atomic mass is 32.1. The molecule has 0 saturated carbocycles. The lowest BCUT2D eigenvalue weighted by Crippen LogP contribution is -2.27. The van der Waals surface area contributed by atoms with Gasteiger partial charge in [-0.3, -0.25) is 4.79 Å². The largest absolute Gasteiger partial charge is 0.393 e. The first kappa shape index (κ1) is 14.7. The van der Waals surface area contributed by atoms with Gasteiger partial charge < -0.3 is 10.4 Å². The molecule has 2 heterocycles. The van der Waals surface area contributed by atoms with E-state index in [0.717, 1.165) is 4.88 Å². The van der Waals surface area contributed by atoms with E-state index in [9.17, 15) is 9.90 Å². The molecule has 0 radical (unpaired) electrons. The minimum atomic E-state index is -0.371. The van der Waals surface area contributed by atoms with E-state index in [-0.39, 0.29) is 12.0 Å². The van der Waals surface area contributed by atoms with Crippen LogP contribution in [0.3, 0.4) is 0 Å². The second-order valence-electron chi connectivity index (χ2n) is 4.49. The highest BCUT2D eigenvalue weighted by molar-refractivity contribution is 7.09. The van der Waals surface area contributed by atoms with Crippen molar-refractivity contribution in [1.29, 1.82) is 0 Å². The Morgan fingerprint density at radius 3 is 3.15 bits per heavy atom. The zero-order valence-corrected chi connectivity index (χ0v) is 12.1. The van der Waals surface area contributed by atoms with Gasteiger partial charge in [-0.25, -0.2) is 4.68 Å². The van der Waals surface area contributed by atoms with Crippen LogP contribution < -0.4 is 5.32 Å². The van der Waals surface area contributed by atoms with Crippen LogP contribution in [-0.4, -0.2) is 38.7 Å². The van der Waals surface area contributed by atoms with E-state index in [2.05, 4.69) is 15.6 Å². The third-order valence-corrected chi connectivity index (χ3v) is 3.76. The number of carbonyl (C=O) groups is 1. The molecule has 2 rings (SSSR count). The topological polar surface area (TPSA) is 80.0 Å². The summed E-state index contributed by atoms with van der Waals surface area (Å²) >= 11 is 1.64. The maximum absolute atomic E-state index is 11.8. The number of thiophene rings is 1. The van der Waals surface area contributed by atoms with Crippen molar-refractivity contribution in [2.45, 2.75) is 32.4 Å². The normalized spacial score (nSPS) is 12.3. The fourth-order valence-corrected chi connectivity index (χ4v) is 2.38. The quantitative estimate of drug-likeness (QED) is 0.806. The molecule has 2 aromatic heterocycles. The fourth-order valence-electron chi connectivity index (χ4n) is 1.69. The van der Waals surface area contributed by atoms with Gasteiger partial charge in [0.05, 0.1) is 18.8 Å². The van der Waals surface area contributed by atoms with Gasteiger partial charge in [-0.1, -0.05) is 18.2 Å². The summed E-state index contributed by atoms with van der Waals surface area (Å²) < 4.78 is 1.64. The molecule has 0 saturated heterocycles. The van der Waals surface area contributed by atoms with Crippen molar-refractivity contribution in [3.63, 3.8) is 0 Å². The number of aliphatic hydroxyl groups excluding tert-OH is 1. The third kappa shape index (κ3) is 4.14. The maximum Gasteiger partial charge on any atom is 0.273 e. The van der Waals surface area contributed by atoms with E-state index in [1.807, 2.05) is 24.4 Å². The lowest BCUT2D eigenvalue weighted by molar-refractivity contribution is 0.0937. The minimum absolute atomic E-state index is 0.259.